The van der Waals surface area contributed by atoms with Crippen molar-refractivity contribution in [2.45, 2.75) is 32.4 Å². The minimum Gasteiger partial charge on any atom is -0.271 e. The number of hydrogen-bond acceptors (Lipinski definition) is 5. The molecule has 0 aliphatic carbocycles. The second-order valence-electron chi connectivity index (χ2n) is 5.31. The van der Waals surface area contributed by atoms with Gasteiger partial charge >= 0.3 is 0 Å². The molecule has 7 heteroatoms. The van der Waals surface area contributed by atoms with Crippen LogP contribution in [-0.2, 0) is 6.42 Å². The molecule has 0 amide bonds. The molecule has 0 saturated carbocycles. The van der Waals surface area contributed by atoms with Gasteiger partial charge in [0.1, 0.15) is 0 Å². The van der Waals surface area contributed by atoms with Crippen LogP contribution in [0.2, 0.25) is 0 Å². The Morgan fingerprint density at radius 1 is 1.29 bits per heavy atom. The summed E-state index contributed by atoms with van der Waals surface area (Å²) < 4.78 is 3.74. The SMILES string of the molecule is CC(C)n1ccc(CC(NN)c2cnn3ccncc23)n1. The van der Waals surface area contributed by atoms with Crippen molar-refractivity contribution in [2.24, 2.45) is 5.84 Å². The molecule has 0 radical (unpaired) electrons. The van der Waals surface area contributed by atoms with Crippen LogP contribution in [0.1, 0.15) is 37.2 Å². The predicted octanol–water partition coefficient (Wildman–Crippen LogP) is 1.25. The van der Waals surface area contributed by atoms with Gasteiger partial charge in [0, 0.05) is 36.6 Å². The molecular weight excluding hydrogens is 266 g/mol. The van der Waals surface area contributed by atoms with Crippen molar-refractivity contribution >= 4 is 5.52 Å². The van der Waals surface area contributed by atoms with E-state index >= 15 is 0 Å². The Labute approximate surface area is 122 Å². The summed E-state index contributed by atoms with van der Waals surface area (Å²) in [5.41, 5.74) is 5.81. The maximum Gasteiger partial charge on any atom is 0.0893 e. The summed E-state index contributed by atoms with van der Waals surface area (Å²) in [4.78, 5) is 4.15. The fraction of sp³-hybridized carbons (Fsp3) is 0.357. The topological polar surface area (TPSA) is 86.1 Å². The van der Waals surface area contributed by atoms with Crippen LogP contribution in [0.15, 0.2) is 37.1 Å². The summed E-state index contributed by atoms with van der Waals surface area (Å²) in [7, 11) is 0. The highest BCUT2D eigenvalue weighted by atomic mass is 15.3. The molecule has 0 aromatic carbocycles. The van der Waals surface area contributed by atoms with E-state index in [1.807, 2.05) is 29.3 Å². The molecule has 0 bridgehead atoms. The van der Waals surface area contributed by atoms with Gasteiger partial charge in [-0.05, 0) is 19.9 Å². The number of aromatic nitrogens is 5. The van der Waals surface area contributed by atoms with E-state index in [-0.39, 0.29) is 6.04 Å². The Hall–Kier alpha value is -2.25. The van der Waals surface area contributed by atoms with Gasteiger partial charge < -0.3 is 0 Å². The number of hydrogen-bond donors (Lipinski definition) is 2. The zero-order valence-electron chi connectivity index (χ0n) is 12.1. The van der Waals surface area contributed by atoms with Gasteiger partial charge in [0.05, 0.1) is 29.6 Å². The van der Waals surface area contributed by atoms with E-state index in [9.17, 15) is 0 Å². The molecule has 0 aliphatic heterocycles. The number of hydrazine groups is 1. The first-order valence-corrected chi connectivity index (χ1v) is 6.96. The van der Waals surface area contributed by atoms with Crippen LogP contribution in [-0.4, -0.2) is 24.4 Å². The fourth-order valence-corrected chi connectivity index (χ4v) is 2.36. The van der Waals surface area contributed by atoms with Crippen LogP contribution < -0.4 is 11.3 Å². The van der Waals surface area contributed by atoms with E-state index in [4.69, 9.17) is 5.84 Å². The van der Waals surface area contributed by atoms with Crippen molar-refractivity contribution in [1.82, 2.24) is 29.8 Å². The van der Waals surface area contributed by atoms with Crippen LogP contribution in [0.5, 0.6) is 0 Å². The van der Waals surface area contributed by atoms with Gasteiger partial charge in [-0.3, -0.25) is 20.9 Å². The minimum atomic E-state index is -0.0535. The molecule has 7 nitrogen and oxygen atoms in total. The second-order valence-corrected chi connectivity index (χ2v) is 5.31. The molecule has 1 atom stereocenters. The molecule has 21 heavy (non-hydrogen) atoms. The molecule has 0 saturated heterocycles. The lowest BCUT2D eigenvalue weighted by atomic mass is 10.0. The lowest BCUT2D eigenvalue weighted by molar-refractivity contribution is 0.508. The van der Waals surface area contributed by atoms with Gasteiger partial charge in [0.25, 0.3) is 0 Å². The summed E-state index contributed by atoms with van der Waals surface area (Å²) >= 11 is 0. The molecule has 3 rings (SSSR count). The molecule has 1 unspecified atom stereocenters. The number of nitrogens with two attached hydrogens (primary N) is 1. The average Bonchev–Trinajstić information content (AvgIpc) is 3.11. The van der Waals surface area contributed by atoms with Crippen molar-refractivity contribution in [2.75, 3.05) is 0 Å². The van der Waals surface area contributed by atoms with Crippen molar-refractivity contribution in [3.8, 4) is 0 Å². The highest BCUT2D eigenvalue weighted by Crippen LogP contribution is 2.21. The predicted molar refractivity (Wildman–Crippen MR) is 79.4 cm³/mol. The van der Waals surface area contributed by atoms with Crippen LogP contribution in [0.4, 0.5) is 0 Å². The Morgan fingerprint density at radius 2 is 2.14 bits per heavy atom. The number of nitrogens with one attached hydrogen (secondary N) is 1. The van der Waals surface area contributed by atoms with Crippen molar-refractivity contribution in [3.05, 3.63) is 48.3 Å². The third kappa shape index (κ3) is 2.65. The Kier molecular flexibility index (Phi) is 3.68. The smallest absolute Gasteiger partial charge is 0.0893 e. The molecule has 3 aromatic rings. The van der Waals surface area contributed by atoms with Gasteiger partial charge in [-0.15, -0.1) is 0 Å². The summed E-state index contributed by atoms with van der Waals surface area (Å²) in [5, 5.41) is 8.88. The molecule has 0 aliphatic rings. The van der Waals surface area contributed by atoms with E-state index in [0.29, 0.717) is 12.5 Å². The Balaban J connectivity index is 1.87. The number of nitrogens with zero attached hydrogens (tertiary/aromatic N) is 5. The van der Waals surface area contributed by atoms with E-state index in [1.165, 1.54) is 0 Å². The van der Waals surface area contributed by atoms with Gasteiger partial charge in [0.2, 0.25) is 0 Å². The molecule has 110 valence electrons. The standard InChI is InChI=1S/C14H19N7/c1-10(2)20-5-3-11(19-20)7-13(18-15)12-8-17-21-6-4-16-9-14(12)21/h3-6,8-10,13,18H,7,15H2,1-2H3. The summed E-state index contributed by atoms with van der Waals surface area (Å²) in [5.74, 6) is 5.73. The summed E-state index contributed by atoms with van der Waals surface area (Å²) in [6, 6.07) is 2.32. The third-order valence-corrected chi connectivity index (χ3v) is 3.54. The molecule has 0 spiro atoms. The first-order chi connectivity index (χ1) is 10.2. The lowest BCUT2D eigenvalue weighted by Crippen LogP contribution is -2.29. The fourth-order valence-electron chi connectivity index (χ4n) is 2.36. The number of rotatable bonds is 5. The molecule has 3 N–H and O–H groups in total. The Morgan fingerprint density at radius 3 is 2.86 bits per heavy atom. The maximum absolute atomic E-state index is 5.73. The molecule has 3 aromatic heterocycles. The zero-order valence-corrected chi connectivity index (χ0v) is 12.1. The van der Waals surface area contributed by atoms with Crippen LogP contribution in [0.3, 0.4) is 0 Å². The van der Waals surface area contributed by atoms with E-state index < -0.39 is 0 Å². The number of fused-ring (bicyclic) bond motifs is 1. The second kappa shape index (κ2) is 5.63. The third-order valence-electron chi connectivity index (χ3n) is 3.54. The average molecular weight is 285 g/mol. The molecule has 0 fully saturated rings. The van der Waals surface area contributed by atoms with Crippen LogP contribution in [0.25, 0.3) is 5.52 Å². The highest BCUT2D eigenvalue weighted by molar-refractivity contribution is 5.53. The van der Waals surface area contributed by atoms with Crippen molar-refractivity contribution in [1.29, 1.82) is 0 Å². The summed E-state index contributed by atoms with van der Waals surface area (Å²) in [6.45, 7) is 4.21. The van der Waals surface area contributed by atoms with E-state index in [1.54, 1.807) is 16.9 Å². The van der Waals surface area contributed by atoms with Crippen LogP contribution in [0, 0.1) is 0 Å². The molecular formula is C14H19N7. The highest BCUT2D eigenvalue weighted by Gasteiger charge is 2.17. The first kappa shape index (κ1) is 13.7. The van der Waals surface area contributed by atoms with Crippen molar-refractivity contribution < 1.29 is 0 Å². The Bertz CT molecular complexity index is 728. The zero-order chi connectivity index (χ0) is 14.8. The quantitative estimate of drug-likeness (QED) is 0.544. The first-order valence-electron chi connectivity index (χ1n) is 6.96. The van der Waals surface area contributed by atoms with E-state index in [2.05, 4.69) is 34.5 Å². The molecule has 3 heterocycles. The van der Waals surface area contributed by atoms with Gasteiger partial charge in [-0.25, -0.2) is 4.52 Å². The van der Waals surface area contributed by atoms with Gasteiger partial charge in [-0.2, -0.15) is 10.2 Å². The normalized spacial score (nSPS) is 13.1. The van der Waals surface area contributed by atoms with E-state index in [0.717, 1.165) is 16.8 Å². The largest absolute Gasteiger partial charge is 0.271 e. The van der Waals surface area contributed by atoms with Gasteiger partial charge in [-0.1, -0.05) is 0 Å². The minimum absolute atomic E-state index is 0.0535. The lowest BCUT2D eigenvalue weighted by Gasteiger charge is -2.13. The monoisotopic (exact) mass is 285 g/mol. The van der Waals surface area contributed by atoms with Crippen LogP contribution >= 0.6 is 0 Å². The van der Waals surface area contributed by atoms with Gasteiger partial charge in [0.15, 0.2) is 0 Å². The summed E-state index contributed by atoms with van der Waals surface area (Å²) in [6.07, 6.45) is 9.83. The maximum atomic E-state index is 5.73. The van der Waals surface area contributed by atoms with Crippen molar-refractivity contribution in [3.63, 3.8) is 0 Å².